The van der Waals surface area contributed by atoms with Crippen molar-refractivity contribution in [3.8, 4) is 0 Å². The number of hydrogen-bond donors (Lipinski definition) is 7. The maximum absolute atomic E-state index is 13.7. The number of nitrogens with zero attached hydrogens (tertiary/aromatic N) is 1. The smallest absolute Gasteiger partial charge is 0.407 e. The number of hydrogen-bond acceptors (Lipinski definition) is 8. The van der Waals surface area contributed by atoms with E-state index in [1.54, 1.807) is 20.8 Å². The standard InChI is InChI=1S/C40H54N6O6/c1-26(2)37(46-36(49)21-20-35-42-29-18-12-13-19-30(29)43-35)38(50)44-31(22-27-14-8-6-9-15-27)33(47)24-41-25-34(48)32(23-28-16-10-7-11-17-28)45-39(51)52-40(3,4)5/h6-19,26,31-34,37,41,47-48H,20-25H2,1-5H3,(H,42,43)(H,44,50)(H,45,51)(H,46,49)/t31-,32-,33+,34+,37-/m0/s1. The number of fused-ring (bicyclic) bond motifs is 1. The average Bonchev–Trinajstić information content (AvgIpc) is 3.52. The van der Waals surface area contributed by atoms with Crippen LogP contribution in [0.3, 0.4) is 0 Å². The first-order valence-electron chi connectivity index (χ1n) is 17.9. The van der Waals surface area contributed by atoms with Crippen LogP contribution in [0.2, 0.25) is 0 Å². The van der Waals surface area contributed by atoms with E-state index in [1.807, 2.05) is 98.8 Å². The summed E-state index contributed by atoms with van der Waals surface area (Å²) in [5, 5.41) is 34.4. The van der Waals surface area contributed by atoms with E-state index < -0.39 is 47.9 Å². The van der Waals surface area contributed by atoms with Crippen LogP contribution in [-0.2, 0) is 33.6 Å². The molecule has 0 fully saturated rings. The number of imidazole rings is 1. The molecule has 12 heteroatoms. The van der Waals surface area contributed by atoms with Crippen LogP contribution in [0.5, 0.6) is 0 Å². The lowest BCUT2D eigenvalue weighted by Gasteiger charge is -2.30. The van der Waals surface area contributed by atoms with Gasteiger partial charge in [-0.25, -0.2) is 9.78 Å². The number of aliphatic hydroxyl groups excluding tert-OH is 2. The largest absolute Gasteiger partial charge is 0.444 e. The first-order valence-corrected chi connectivity index (χ1v) is 17.9. The summed E-state index contributed by atoms with van der Waals surface area (Å²) in [6.45, 7) is 9.10. The van der Waals surface area contributed by atoms with Crippen molar-refractivity contribution >= 4 is 28.9 Å². The Morgan fingerprint density at radius 3 is 1.85 bits per heavy atom. The molecule has 52 heavy (non-hydrogen) atoms. The van der Waals surface area contributed by atoms with Gasteiger partial charge >= 0.3 is 6.09 Å². The molecule has 0 saturated heterocycles. The SMILES string of the molecule is CC(C)[C@H](NC(=O)CCc1nc2ccccc2[nH]1)C(=O)N[C@@H](Cc1ccccc1)[C@H](O)CNC[C@@H](O)[C@H](Cc1ccccc1)NC(=O)OC(C)(C)C. The van der Waals surface area contributed by atoms with Crippen LogP contribution in [0.4, 0.5) is 4.79 Å². The van der Waals surface area contributed by atoms with E-state index in [1.165, 1.54) is 0 Å². The van der Waals surface area contributed by atoms with Gasteiger partial charge in [0.2, 0.25) is 11.8 Å². The van der Waals surface area contributed by atoms with Crippen LogP contribution in [0.1, 0.15) is 58.0 Å². The molecule has 3 amide bonds. The number of aromatic amines is 1. The number of benzene rings is 3. The Morgan fingerprint density at radius 2 is 1.31 bits per heavy atom. The van der Waals surface area contributed by atoms with Crippen molar-refractivity contribution in [2.45, 2.75) is 96.2 Å². The van der Waals surface area contributed by atoms with Crippen molar-refractivity contribution in [1.82, 2.24) is 31.2 Å². The number of rotatable bonds is 18. The Balaban J connectivity index is 1.37. The van der Waals surface area contributed by atoms with Crippen molar-refractivity contribution in [1.29, 1.82) is 0 Å². The summed E-state index contributed by atoms with van der Waals surface area (Å²) >= 11 is 0. The van der Waals surface area contributed by atoms with Gasteiger partial charge in [-0.2, -0.15) is 0 Å². The van der Waals surface area contributed by atoms with Gasteiger partial charge in [-0.3, -0.25) is 9.59 Å². The molecule has 7 N–H and O–H groups in total. The molecule has 1 heterocycles. The van der Waals surface area contributed by atoms with Crippen molar-refractivity contribution in [3.05, 3.63) is 102 Å². The number of aliphatic hydroxyl groups is 2. The van der Waals surface area contributed by atoms with Gasteiger partial charge in [-0.15, -0.1) is 0 Å². The van der Waals surface area contributed by atoms with Crippen LogP contribution in [0, 0.1) is 5.92 Å². The summed E-state index contributed by atoms with van der Waals surface area (Å²) in [6, 6.07) is 24.4. The molecular weight excluding hydrogens is 660 g/mol. The van der Waals surface area contributed by atoms with E-state index in [0.717, 1.165) is 22.2 Å². The number of aromatic nitrogens is 2. The first kappa shape index (κ1) is 40.0. The third-order valence-corrected chi connectivity index (χ3v) is 8.56. The van der Waals surface area contributed by atoms with Gasteiger partial charge in [-0.05, 0) is 62.8 Å². The second kappa shape index (κ2) is 19.2. The van der Waals surface area contributed by atoms with E-state index in [0.29, 0.717) is 25.1 Å². The molecule has 0 radical (unpaired) electrons. The topological polar surface area (TPSA) is 178 Å². The molecule has 12 nitrogen and oxygen atoms in total. The minimum absolute atomic E-state index is 0.0372. The highest BCUT2D eigenvalue weighted by Gasteiger charge is 2.30. The van der Waals surface area contributed by atoms with Crippen molar-refractivity contribution in [3.63, 3.8) is 0 Å². The summed E-state index contributed by atoms with van der Waals surface area (Å²) in [5.41, 5.74) is 2.85. The van der Waals surface area contributed by atoms with Gasteiger partial charge < -0.3 is 41.2 Å². The zero-order valence-electron chi connectivity index (χ0n) is 30.8. The number of carbonyl (C=O) groups excluding carboxylic acids is 3. The van der Waals surface area contributed by atoms with E-state index in [9.17, 15) is 24.6 Å². The molecule has 0 bridgehead atoms. The van der Waals surface area contributed by atoms with Crippen molar-refractivity contribution < 1.29 is 29.3 Å². The predicted octanol–water partition coefficient (Wildman–Crippen LogP) is 3.81. The monoisotopic (exact) mass is 714 g/mol. The van der Waals surface area contributed by atoms with E-state index >= 15 is 0 Å². The molecular formula is C40H54N6O6. The fraction of sp³-hybridized carbons (Fsp3) is 0.450. The number of nitrogens with one attached hydrogen (secondary N) is 5. The van der Waals surface area contributed by atoms with Crippen LogP contribution < -0.4 is 21.3 Å². The van der Waals surface area contributed by atoms with Crippen LogP contribution in [0.25, 0.3) is 11.0 Å². The Bertz CT molecular complexity index is 1670. The lowest BCUT2D eigenvalue weighted by molar-refractivity contribution is -0.131. The number of amides is 3. The van der Waals surface area contributed by atoms with Gasteiger partial charge in [-0.1, -0.05) is 86.6 Å². The second-order valence-corrected chi connectivity index (χ2v) is 14.5. The summed E-state index contributed by atoms with van der Waals surface area (Å²) in [7, 11) is 0. The number of aryl methyl sites for hydroxylation is 1. The third-order valence-electron chi connectivity index (χ3n) is 8.56. The minimum Gasteiger partial charge on any atom is -0.444 e. The van der Waals surface area contributed by atoms with Gasteiger partial charge in [0.25, 0.3) is 0 Å². The Hall–Kier alpha value is -4.78. The number of carbonyl (C=O) groups is 3. The highest BCUT2D eigenvalue weighted by atomic mass is 16.6. The summed E-state index contributed by atoms with van der Waals surface area (Å²) in [4.78, 5) is 47.1. The summed E-state index contributed by atoms with van der Waals surface area (Å²) < 4.78 is 5.44. The van der Waals surface area contributed by atoms with Crippen LogP contribution in [0.15, 0.2) is 84.9 Å². The quantitative estimate of drug-likeness (QED) is 0.0814. The number of para-hydroxylation sites is 2. The van der Waals surface area contributed by atoms with Gasteiger partial charge in [0.05, 0.1) is 35.3 Å². The molecule has 5 atom stereocenters. The Labute approximate surface area is 306 Å². The van der Waals surface area contributed by atoms with Gasteiger partial charge in [0.1, 0.15) is 17.5 Å². The Morgan fingerprint density at radius 1 is 0.769 bits per heavy atom. The van der Waals surface area contributed by atoms with E-state index in [4.69, 9.17) is 4.74 Å². The molecule has 4 aromatic rings. The molecule has 280 valence electrons. The van der Waals surface area contributed by atoms with Gasteiger partial charge in [0, 0.05) is 25.9 Å². The van der Waals surface area contributed by atoms with Crippen molar-refractivity contribution in [2.75, 3.05) is 13.1 Å². The molecule has 0 saturated carbocycles. The first-order chi connectivity index (χ1) is 24.8. The zero-order chi connectivity index (χ0) is 37.7. The van der Waals surface area contributed by atoms with E-state index in [2.05, 4.69) is 31.2 Å². The zero-order valence-corrected chi connectivity index (χ0v) is 30.8. The van der Waals surface area contributed by atoms with E-state index in [-0.39, 0.29) is 31.3 Å². The average molecular weight is 715 g/mol. The molecule has 0 aliphatic carbocycles. The number of alkyl carbamates (subject to hydrolysis) is 1. The molecule has 1 aromatic heterocycles. The highest BCUT2D eigenvalue weighted by Crippen LogP contribution is 2.14. The normalized spacial score (nSPS) is 14.6. The Kier molecular flexibility index (Phi) is 14.7. The molecule has 0 spiro atoms. The summed E-state index contributed by atoms with van der Waals surface area (Å²) in [5.74, 6) is -0.221. The van der Waals surface area contributed by atoms with Crippen LogP contribution >= 0.6 is 0 Å². The molecule has 0 unspecified atom stereocenters. The summed E-state index contributed by atoms with van der Waals surface area (Å²) in [6.07, 6.45) is -1.49. The fourth-order valence-electron chi connectivity index (χ4n) is 5.83. The lowest BCUT2D eigenvalue weighted by Crippen LogP contribution is -2.57. The predicted molar refractivity (Wildman–Crippen MR) is 201 cm³/mol. The number of H-pyrrole nitrogens is 1. The van der Waals surface area contributed by atoms with Crippen molar-refractivity contribution in [2.24, 2.45) is 5.92 Å². The highest BCUT2D eigenvalue weighted by molar-refractivity contribution is 5.88. The molecule has 3 aromatic carbocycles. The molecule has 0 aliphatic heterocycles. The lowest BCUT2D eigenvalue weighted by atomic mass is 9.98. The minimum atomic E-state index is -1.06. The molecule has 4 rings (SSSR count). The van der Waals surface area contributed by atoms with Crippen LogP contribution in [-0.4, -0.2) is 87.1 Å². The van der Waals surface area contributed by atoms with Gasteiger partial charge in [0.15, 0.2) is 0 Å². The third kappa shape index (κ3) is 13.1. The maximum Gasteiger partial charge on any atom is 0.407 e. The fourth-order valence-corrected chi connectivity index (χ4v) is 5.83. The second-order valence-electron chi connectivity index (χ2n) is 14.5. The molecule has 0 aliphatic rings. The maximum atomic E-state index is 13.7. The number of ether oxygens (including phenoxy) is 1.